The predicted molar refractivity (Wildman–Crippen MR) is 123 cm³/mol. The third-order valence-electron chi connectivity index (χ3n) is 8.98. The van der Waals surface area contributed by atoms with Crippen LogP contribution in [0.3, 0.4) is 0 Å². The van der Waals surface area contributed by atoms with E-state index in [4.69, 9.17) is 24.0 Å². The fourth-order valence-corrected chi connectivity index (χ4v) is 6.91. The zero-order chi connectivity index (χ0) is 28.4. The third-order valence-corrected chi connectivity index (χ3v) is 8.98. The van der Waals surface area contributed by atoms with Gasteiger partial charge in [0.05, 0.1) is 29.4 Å². The van der Waals surface area contributed by atoms with E-state index in [-0.39, 0.29) is 36.5 Å². The first-order chi connectivity index (χ1) is 18.1. The Balaban J connectivity index is 1.24. The van der Waals surface area contributed by atoms with E-state index in [1.807, 2.05) is 6.92 Å². The number of halogens is 6. The summed E-state index contributed by atoms with van der Waals surface area (Å²) >= 11 is 0. The molecule has 6 rings (SSSR count). The van der Waals surface area contributed by atoms with Gasteiger partial charge in [0.15, 0.2) is 11.9 Å². The molecule has 0 amide bonds. The van der Waals surface area contributed by atoms with Crippen LogP contribution in [0, 0.1) is 23.7 Å². The van der Waals surface area contributed by atoms with Crippen LogP contribution in [0.1, 0.15) is 80.8 Å². The van der Waals surface area contributed by atoms with Gasteiger partial charge in [-0.1, -0.05) is 13.8 Å². The van der Waals surface area contributed by atoms with Gasteiger partial charge in [-0.2, -0.15) is 26.3 Å². The van der Waals surface area contributed by atoms with Crippen LogP contribution in [0.2, 0.25) is 0 Å². The monoisotopic (exact) mass is 566 g/mol. The Morgan fingerprint density at radius 3 is 2.28 bits per heavy atom. The summed E-state index contributed by atoms with van der Waals surface area (Å²) in [6.45, 7) is 5.92. The van der Waals surface area contributed by atoms with Crippen molar-refractivity contribution in [3.8, 4) is 0 Å². The van der Waals surface area contributed by atoms with E-state index in [1.54, 1.807) is 0 Å². The summed E-state index contributed by atoms with van der Waals surface area (Å²) in [5.74, 6) is -1.38. The van der Waals surface area contributed by atoms with Gasteiger partial charge in [0, 0.05) is 12.3 Å². The molecule has 5 aliphatic rings. The van der Waals surface area contributed by atoms with Crippen LogP contribution >= 0.6 is 0 Å². The van der Waals surface area contributed by atoms with Crippen LogP contribution in [0.15, 0.2) is 18.2 Å². The van der Waals surface area contributed by atoms with Gasteiger partial charge in [-0.15, -0.1) is 0 Å². The average molecular weight is 567 g/mol. The lowest BCUT2D eigenvalue weighted by molar-refractivity contribution is -0.571. The molecule has 1 aliphatic carbocycles. The number of ether oxygens (including phenoxy) is 3. The number of hydrogen-bond acceptors (Lipinski definition) is 6. The molecule has 1 aromatic rings. The van der Waals surface area contributed by atoms with E-state index >= 15 is 0 Å². The Morgan fingerprint density at radius 1 is 0.974 bits per heavy atom. The second-order valence-electron chi connectivity index (χ2n) is 11.5. The van der Waals surface area contributed by atoms with Gasteiger partial charge >= 0.3 is 18.3 Å². The van der Waals surface area contributed by atoms with Crippen molar-refractivity contribution in [1.29, 1.82) is 0 Å². The summed E-state index contributed by atoms with van der Waals surface area (Å²) < 4.78 is 96.5. The molecule has 8 atom stereocenters. The van der Waals surface area contributed by atoms with Crippen molar-refractivity contribution in [3.05, 3.63) is 34.9 Å². The van der Waals surface area contributed by atoms with Gasteiger partial charge < -0.3 is 14.2 Å². The maximum absolute atomic E-state index is 13.1. The van der Waals surface area contributed by atoms with Crippen LogP contribution in [-0.4, -0.2) is 36.4 Å². The Kier molecular flexibility index (Phi) is 7.26. The van der Waals surface area contributed by atoms with Crippen molar-refractivity contribution in [1.82, 2.24) is 0 Å². The number of alkyl halides is 6. The van der Waals surface area contributed by atoms with Crippen molar-refractivity contribution in [2.24, 2.45) is 23.7 Å². The summed E-state index contributed by atoms with van der Waals surface area (Å²) in [6, 6.07) is 0.704. The molecule has 0 radical (unpaired) electrons. The van der Waals surface area contributed by atoms with E-state index in [9.17, 15) is 31.1 Å². The van der Waals surface area contributed by atoms with Crippen LogP contribution < -0.4 is 0 Å². The maximum atomic E-state index is 13.1. The number of benzene rings is 1. The van der Waals surface area contributed by atoms with Gasteiger partial charge in [0.2, 0.25) is 5.79 Å². The van der Waals surface area contributed by atoms with E-state index in [0.29, 0.717) is 37.3 Å². The molecule has 1 aromatic carbocycles. The van der Waals surface area contributed by atoms with Gasteiger partial charge in [-0.25, -0.2) is 14.6 Å². The smallest absolute Gasteiger partial charge is 0.416 e. The molecule has 5 fully saturated rings. The molecular formula is C27H32F6O6. The minimum Gasteiger partial charge on any atom is -0.462 e. The Labute approximate surface area is 222 Å². The van der Waals surface area contributed by atoms with E-state index in [2.05, 4.69) is 13.8 Å². The Morgan fingerprint density at radius 2 is 1.64 bits per heavy atom. The lowest BCUT2D eigenvalue weighted by atomic mass is 9.57. The molecule has 39 heavy (non-hydrogen) atoms. The first kappa shape index (κ1) is 28.6. The molecule has 4 aliphatic heterocycles. The molecule has 4 heterocycles. The zero-order valence-electron chi connectivity index (χ0n) is 21.9. The van der Waals surface area contributed by atoms with Crippen LogP contribution in [0.4, 0.5) is 26.3 Å². The van der Waals surface area contributed by atoms with Crippen molar-refractivity contribution < 1.29 is 55.1 Å². The van der Waals surface area contributed by atoms with E-state index < -0.39 is 52.7 Å². The highest BCUT2D eigenvalue weighted by molar-refractivity contribution is 5.90. The fourth-order valence-electron chi connectivity index (χ4n) is 6.91. The molecule has 6 nitrogen and oxygen atoms in total. The number of esters is 1. The number of hydrogen-bond donors (Lipinski definition) is 0. The molecule has 0 aromatic heterocycles. The van der Waals surface area contributed by atoms with Crippen LogP contribution in [-0.2, 0) is 36.3 Å². The standard InChI is InChI=1S/C27H32F6O6/c1-14-6-7-20-15(2)21(36-23-25(20)19(14)8-9-24(3,37-23)38-39-25)5-4-10-35-22(34)16-11-17(26(28,29)30)13-18(12-16)27(31,32)33/h11-15,19-21,23H,4-10H2,1-3H3/t14-,15-,19+,20+,21-,23?,24-,25-/m1/s1. The molecule has 2 bridgehead atoms. The molecule has 4 saturated heterocycles. The number of rotatable bonds is 5. The maximum Gasteiger partial charge on any atom is 0.416 e. The Hall–Kier alpha value is -1.89. The molecule has 218 valence electrons. The quantitative estimate of drug-likeness (QED) is 0.167. The summed E-state index contributed by atoms with van der Waals surface area (Å²) in [5.41, 5.74) is -4.66. The molecule has 12 heteroatoms. The topological polar surface area (TPSA) is 63.2 Å². The highest BCUT2D eigenvalue weighted by atomic mass is 19.4. The fraction of sp³-hybridized carbons (Fsp3) is 0.741. The molecular weight excluding hydrogens is 534 g/mol. The minimum atomic E-state index is -5.05. The SMILES string of the molecule is C[C@H]1[C@@H](CCCOC(=O)c2cc(C(F)(F)F)cc(C(F)(F)F)c2)OC2O[C@@]3(C)CC[C@H]4[C@H](C)CC[C@@H]1[C@@]24OO3. The van der Waals surface area contributed by atoms with E-state index in [1.165, 1.54) is 0 Å². The predicted octanol–water partition coefficient (Wildman–Crippen LogP) is 6.91. The summed E-state index contributed by atoms with van der Waals surface area (Å²) in [6.07, 6.45) is -6.74. The number of fused-ring (bicyclic) bond motifs is 2. The highest BCUT2D eigenvalue weighted by Gasteiger charge is 2.69. The third kappa shape index (κ3) is 5.17. The van der Waals surface area contributed by atoms with Crippen LogP contribution in [0.5, 0.6) is 0 Å². The average Bonchev–Trinajstić information content (AvgIpc) is 3.09. The second kappa shape index (κ2) is 9.88. The van der Waals surface area contributed by atoms with Crippen molar-refractivity contribution in [2.75, 3.05) is 6.61 Å². The zero-order valence-corrected chi connectivity index (χ0v) is 21.9. The number of carbonyl (C=O) groups is 1. The Bertz CT molecular complexity index is 1060. The molecule has 1 saturated carbocycles. The second-order valence-corrected chi connectivity index (χ2v) is 11.5. The molecule has 1 spiro atoms. The first-order valence-corrected chi connectivity index (χ1v) is 13.3. The van der Waals surface area contributed by atoms with Gasteiger partial charge in [0.1, 0.15) is 0 Å². The van der Waals surface area contributed by atoms with E-state index in [0.717, 1.165) is 19.3 Å². The van der Waals surface area contributed by atoms with Crippen molar-refractivity contribution in [2.45, 2.75) is 95.4 Å². The summed E-state index contributed by atoms with van der Waals surface area (Å²) in [5, 5.41) is 0. The molecule has 0 N–H and O–H groups in total. The normalized spacial score (nSPS) is 38.2. The van der Waals surface area contributed by atoms with Crippen LogP contribution in [0.25, 0.3) is 0 Å². The minimum absolute atomic E-state index is 0.0284. The molecule has 1 unspecified atom stereocenters. The largest absolute Gasteiger partial charge is 0.462 e. The first-order valence-electron chi connectivity index (χ1n) is 13.3. The van der Waals surface area contributed by atoms with Crippen molar-refractivity contribution >= 4 is 5.97 Å². The lowest BCUT2D eigenvalue weighted by Crippen LogP contribution is -2.70. The number of carbonyl (C=O) groups excluding carboxylic acids is 1. The lowest BCUT2D eigenvalue weighted by Gasteiger charge is -2.60. The summed E-state index contributed by atoms with van der Waals surface area (Å²) in [7, 11) is 0. The van der Waals surface area contributed by atoms with Gasteiger partial charge in [-0.05, 0) is 75.0 Å². The highest BCUT2D eigenvalue weighted by Crippen LogP contribution is 2.60. The van der Waals surface area contributed by atoms with Gasteiger partial charge in [-0.3, -0.25) is 0 Å². The van der Waals surface area contributed by atoms with Crippen molar-refractivity contribution in [3.63, 3.8) is 0 Å². The summed E-state index contributed by atoms with van der Waals surface area (Å²) in [4.78, 5) is 24.3. The van der Waals surface area contributed by atoms with Gasteiger partial charge in [0.25, 0.3) is 0 Å².